The van der Waals surface area contributed by atoms with Gasteiger partial charge in [-0.2, -0.15) is 0 Å². The molecule has 0 radical (unpaired) electrons. The van der Waals surface area contributed by atoms with Crippen LogP contribution in [0.2, 0.25) is 0 Å². The summed E-state index contributed by atoms with van der Waals surface area (Å²) in [6, 6.07) is 13.3. The molecule has 1 unspecified atom stereocenters. The molecule has 0 saturated heterocycles. The number of carbonyl (C=O) groups is 1. The van der Waals surface area contributed by atoms with Crippen LogP contribution in [0.5, 0.6) is 5.75 Å². The maximum Gasteiger partial charge on any atom is 0.251 e. The molecule has 21 heavy (non-hydrogen) atoms. The average molecular weight is 348 g/mol. The lowest BCUT2D eigenvalue weighted by atomic mass is 10.1. The van der Waals surface area contributed by atoms with E-state index in [1.54, 1.807) is 13.2 Å². The molecule has 0 aliphatic heterocycles. The highest BCUT2D eigenvalue weighted by Crippen LogP contribution is 2.20. The summed E-state index contributed by atoms with van der Waals surface area (Å²) in [5, 5.41) is 3.00. The summed E-state index contributed by atoms with van der Waals surface area (Å²) in [4.78, 5) is 12.3. The third-order valence-electron chi connectivity index (χ3n) is 3.37. The highest BCUT2D eigenvalue weighted by atomic mass is 79.9. The lowest BCUT2D eigenvalue weighted by Gasteiger charge is -2.15. The molecule has 0 aliphatic carbocycles. The lowest BCUT2D eigenvalue weighted by molar-refractivity contribution is 0.0940. The fraction of sp³-hybridized carbons (Fsp3) is 0.235. The maximum absolute atomic E-state index is 12.3. The third-order valence-corrected chi connectivity index (χ3v) is 3.90. The molecule has 1 amide bonds. The summed E-state index contributed by atoms with van der Waals surface area (Å²) in [7, 11) is 1.62. The second-order valence-corrected chi connectivity index (χ2v) is 5.85. The molecule has 4 heteroatoms. The SMILES string of the molecule is COc1ccc(C(=O)NC(C)c2ccc(Br)cc2)cc1C. The van der Waals surface area contributed by atoms with Crippen LogP contribution in [0.15, 0.2) is 46.9 Å². The van der Waals surface area contributed by atoms with Crippen LogP contribution >= 0.6 is 15.9 Å². The van der Waals surface area contributed by atoms with E-state index in [-0.39, 0.29) is 11.9 Å². The summed E-state index contributed by atoms with van der Waals surface area (Å²) >= 11 is 3.40. The minimum absolute atomic E-state index is 0.0481. The quantitative estimate of drug-likeness (QED) is 0.897. The first kappa shape index (κ1) is 15.6. The van der Waals surface area contributed by atoms with E-state index < -0.39 is 0 Å². The molecule has 1 N–H and O–H groups in total. The van der Waals surface area contributed by atoms with Crippen molar-refractivity contribution in [2.75, 3.05) is 7.11 Å². The van der Waals surface area contributed by atoms with Crippen molar-refractivity contribution < 1.29 is 9.53 Å². The smallest absolute Gasteiger partial charge is 0.251 e. The van der Waals surface area contributed by atoms with Crippen molar-refractivity contribution in [2.45, 2.75) is 19.9 Å². The zero-order valence-corrected chi connectivity index (χ0v) is 13.9. The van der Waals surface area contributed by atoms with Gasteiger partial charge in [-0.3, -0.25) is 4.79 Å². The number of hydrogen-bond donors (Lipinski definition) is 1. The first-order valence-electron chi connectivity index (χ1n) is 6.72. The van der Waals surface area contributed by atoms with Crippen LogP contribution in [-0.2, 0) is 0 Å². The number of aryl methyl sites for hydroxylation is 1. The molecular weight excluding hydrogens is 330 g/mol. The molecule has 0 heterocycles. The van der Waals surface area contributed by atoms with E-state index in [1.807, 2.05) is 50.2 Å². The zero-order chi connectivity index (χ0) is 15.4. The Labute approximate surface area is 133 Å². The topological polar surface area (TPSA) is 38.3 Å². The van der Waals surface area contributed by atoms with Gasteiger partial charge in [-0.25, -0.2) is 0 Å². The van der Waals surface area contributed by atoms with Crippen LogP contribution < -0.4 is 10.1 Å². The molecule has 0 saturated carbocycles. The minimum Gasteiger partial charge on any atom is -0.496 e. The number of hydrogen-bond acceptors (Lipinski definition) is 2. The van der Waals surface area contributed by atoms with Crippen molar-refractivity contribution >= 4 is 21.8 Å². The Morgan fingerprint density at radius 2 is 1.86 bits per heavy atom. The van der Waals surface area contributed by atoms with Gasteiger partial charge in [0.15, 0.2) is 0 Å². The number of amides is 1. The second kappa shape index (κ2) is 6.76. The number of methoxy groups -OCH3 is 1. The van der Waals surface area contributed by atoms with Gasteiger partial charge in [0.25, 0.3) is 5.91 Å². The van der Waals surface area contributed by atoms with Crippen LogP contribution in [0, 0.1) is 6.92 Å². The van der Waals surface area contributed by atoms with Gasteiger partial charge in [0, 0.05) is 10.0 Å². The molecule has 0 bridgehead atoms. The molecular formula is C17H18BrNO2. The van der Waals surface area contributed by atoms with Crippen LogP contribution in [0.25, 0.3) is 0 Å². The van der Waals surface area contributed by atoms with Crippen molar-refractivity contribution in [3.05, 3.63) is 63.6 Å². The van der Waals surface area contributed by atoms with Crippen LogP contribution in [0.1, 0.15) is 34.5 Å². The van der Waals surface area contributed by atoms with E-state index in [4.69, 9.17) is 4.74 Å². The Bertz CT molecular complexity index is 638. The number of rotatable bonds is 4. The van der Waals surface area contributed by atoms with Crippen LogP contribution in [0.4, 0.5) is 0 Å². The van der Waals surface area contributed by atoms with Crippen LogP contribution in [-0.4, -0.2) is 13.0 Å². The van der Waals surface area contributed by atoms with Crippen molar-refractivity contribution in [1.82, 2.24) is 5.32 Å². The Hall–Kier alpha value is -1.81. The van der Waals surface area contributed by atoms with Crippen molar-refractivity contribution in [2.24, 2.45) is 0 Å². The third kappa shape index (κ3) is 3.85. The number of ether oxygens (including phenoxy) is 1. The maximum atomic E-state index is 12.3. The summed E-state index contributed by atoms with van der Waals surface area (Å²) in [6.07, 6.45) is 0. The second-order valence-electron chi connectivity index (χ2n) is 4.93. The van der Waals surface area contributed by atoms with Gasteiger partial charge in [-0.1, -0.05) is 28.1 Å². The van der Waals surface area contributed by atoms with E-state index in [0.717, 1.165) is 21.3 Å². The summed E-state index contributed by atoms with van der Waals surface area (Å²) in [6.45, 7) is 3.89. The molecule has 1 atom stereocenters. The summed E-state index contributed by atoms with van der Waals surface area (Å²) in [5.41, 5.74) is 2.65. The average Bonchev–Trinajstić information content (AvgIpc) is 2.47. The number of carbonyl (C=O) groups excluding carboxylic acids is 1. The van der Waals surface area contributed by atoms with Gasteiger partial charge in [0.1, 0.15) is 5.75 Å². The Morgan fingerprint density at radius 1 is 1.19 bits per heavy atom. The van der Waals surface area contributed by atoms with Gasteiger partial charge in [0.05, 0.1) is 13.2 Å². The fourth-order valence-corrected chi connectivity index (χ4v) is 2.40. The van der Waals surface area contributed by atoms with Gasteiger partial charge in [0.2, 0.25) is 0 Å². The summed E-state index contributed by atoms with van der Waals surface area (Å²) < 4.78 is 6.23. The molecule has 110 valence electrons. The van der Waals surface area contributed by atoms with E-state index in [1.165, 1.54) is 0 Å². The standard InChI is InChI=1S/C17H18BrNO2/c1-11-10-14(6-9-16(11)21-3)17(20)19-12(2)13-4-7-15(18)8-5-13/h4-10,12H,1-3H3,(H,19,20). The zero-order valence-electron chi connectivity index (χ0n) is 12.3. The van der Waals surface area contributed by atoms with E-state index in [2.05, 4.69) is 21.2 Å². The van der Waals surface area contributed by atoms with E-state index in [0.29, 0.717) is 5.56 Å². The van der Waals surface area contributed by atoms with Gasteiger partial charge < -0.3 is 10.1 Å². The molecule has 2 aromatic rings. The number of benzene rings is 2. The monoisotopic (exact) mass is 347 g/mol. The summed E-state index contributed by atoms with van der Waals surface area (Å²) in [5.74, 6) is 0.698. The molecule has 0 aromatic heterocycles. The minimum atomic E-state index is -0.0869. The number of halogens is 1. The Morgan fingerprint density at radius 3 is 2.43 bits per heavy atom. The normalized spacial score (nSPS) is 11.8. The van der Waals surface area contributed by atoms with Crippen molar-refractivity contribution in [3.8, 4) is 5.75 Å². The van der Waals surface area contributed by atoms with Crippen molar-refractivity contribution in [1.29, 1.82) is 0 Å². The largest absolute Gasteiger partial charge is 0.496 e. The first-order valence-corrected chi connectivity index (χ1v) is 7.51. The molecule has 0 aliphatic rings. The lowest BCUT2D eigenvalue weighted by Crippen LogP contribution is -2.26. The predicted octanol–water partition coefficient (Wildman–Crippen LogP) is 4.26. The van der Waals surface area contributed by atoms with Crippen LogP contribution in [0.3, 0.4) is 0 Å². The Kier molecular flexibility index (Phi) is 5.02. The Balaban J connectivity index is 2.10. The molecule has 3 nitrogen and oxygen atoms in total. The number of nitrogens with one attached hydrogen (secondary N) is 1. The molecule has 0 spiro atoms. The molecule has 2 rings (SSSR count). The molecule has 2 aromatic carbocycles. The first-order chi connectivity index (χ1) is 10.0. The highest BCUT2D eigenvalue weighted by molar-refractivity contribution is 9.10. The highest BCUT2D eigenvalue weighted by Gasteiger charge is 2.12. The van der Waals surface area contributed by atoms with Gasteiger partial charge >= 0.3 is 0 Å². The fourth-order valence-electron chi connectivity index (χ4n) is 2.13. The van der Waals surface area contributed by atoms with Crippen molar-refractivity contribution in [3.63, 3.8) is 0 Å². The molecule has 0 fully saturated rings. The van der Waals surface area contributed by atoms with Gasteiger partial charge in [-0.15, -0.1) is 0 Å². The predicted molar refractivity (Wildman–Crippen MR) is 87.8 cm³/mol. The van der Waals surface area contributed by atoms with E-state index >= 15 is 0 Å². The van der Waals surface area contributed by atoms with E-state index in [9.17, 15) is 4.79 Å². The van der Waals surface area contributed by atoms with Gasteiger partial charge in [-0.05, 0) is 55.3 Å².